The van der Waals surface area contributed by atoms with Crippen molar-refractivity contribution < 1.29 is 14.2 Å². The summed E-state index contributed by atoms with van der Waals surface area (Å²) in [5.41, 5.74) is 1.77. The molecule has 17 heavy (non-hydrogen) atoms. The van der Waals surface area contributed by atoms with E-state index in [0.29, 0.717) is 22.4 Å². The third-order valence-electron chi connectivity index (χ3n) is 2.04. The Morgan fingerprint density at radius 3 is 1.76 bits per heavy atom. The summed E-state index contributed by atoms with van der Waals surface area (Å²) in [5, 5.41) is 12.6. The minimum absolute atomic E-state index is 0.221. The number of fused-ring (bicyclic) bond motifs is 1. The Hall–Kier alpha value is -2.44. The second-order valence-corrected chi connectivity index (χ2v) is 3.48. The largest absolute Gasteiger partial charge is 0.324 e. The minimum atomic E-state index is -0.221. The number of carbonyl (C=O) groups is 2. The van der Waals surface area contributed by atoms with E-state index in [1.807, 2.05) is 0 Å². The van der Waals surface area contributed by atoms with Crippen LogP contribution in [0.3, 0.4) is 0 Å². The number of anilines is 2. The Kier molecular flexibility index (Phi) is 2.73. The highest BCUT2D eigenvalue weighted by atomic mass is 16.6. The van der Waals surface area contributed by atoms with Crippen LogP contribution in [-0.2, 0) is 9.59 Å². The van der Waals surface area contributed by atoms with E-state index >= 15 is 0 Å². The number of aromatic nitrogens is 2. The Morgan fingerprint density at radius 2 is 1.41 bits per heavy atom. The molecular formula is C10H10N4O3. The summed E-state index contributed by atoms with van der Waals surface area (Å²) in [5.74, 6) is -0.442. The van der Waals surface area contributed by atoms with Gasteiger partial charge in [0.15, 0.2) is 11.0 Å². The Morgan fingerprint density at radius 1 is 1.00 bits per heavy atom. The molecule has 0 saturated heterocycles. The van der Waals surface area contributed by atoms with Crippen LogP contribution in [0.4, 0.5) is 11.4 Å². The lowest BCUT2D eigenvalue weighted by Gasteiger charge is -2.05. The first-order valence-corrected chi connectivity index (χ1v) is 4.88. The molecular weight excluding hydrogens is 224 g/mol. The smallest absolute Gasteiger partial charge is 0.221 e. The number of amides is 2. The lowest BCUT2D eigenvalue weighted by Crippen LogP contribution is -2.08. The van der Waals surface area contributed by atoms with Gasteiger partial charge in [0.25, 0.3) is 0 Å². The fourth-order valence-corrected chi connectivity index (χ4v) is 1.45. The third kappa shape index (κ3) is 2.22. The molecule has 0 aliphatic carbocycles. The summed E-state index contributed by atoms with van der Waals surface area (Å²) in [7, 11) is 0. The maximum Gasteiger partial charge on any atom is 0.221 e. The molecule has 7 nitrogen and oxygen atoms in total. The molecule has 0 aliphatic heterocycles. The van der Waals surface area contributed by atoms with Crippen LogP contribution in [-0.4, -0.2) is 22.1 Å². The van der Waals surface area contributed by atoms with Crippen molar-refractivity contribution in [1.82, 2.24) is 10.3 Å². The van der Waals surface area contributed by atoms with Crippen LogP contribution in [0.1, 0.15) is 13.8 Å². The number of nitrogens with one attached hydrogen (secondary N) is 2. The molecule has 1 aromatic heterocycles. The summed E-state index contributed by atoms with van der Waals surface area (Å²) in [6.07, 6.45) is 0. The molecule has 2 N–H and O–H groups in total. The number of nitrogens with zero attached hydrogens (tertiary/aromatic N) is 2. The number of carbonyl (C=O) groups excluding carboxylic acids is 2. The van der Waals surface area contributed by atoms with Gasteiger partial charge in [0.2, 0.25) is 11.8 Å². The highest BCUT2D eigenvalue weighted by molar-refractivity contribution is 6.05. The van der Waals surface area contributed by atoms with E-state index < -0.39 is 0 Å². The van der Waals surface area contributed by atoms with Crippen LogP contribution >= 0.6 is 0 Å². The van der Waals surface area contributed by atoms with Crippen molar-refractivity contribution in [2.24, 2.45) is 0 Å². The molecule has 1 aromatic carbocycles. The van der Waals surface area contributed by atoms with E-state index in [0.717, 1.165) is 0 Å². The lowest BCUT2D eigenvalue weighted by atomic mass is 10.2. The molecule has 2 amide bonds. The zero-order valence-corrected chi connectivity index (χ0v) is 9.27. The molecule has 0 saturated carbocycles. The summed E-state index contributed by atoms with van der Waals surface area (Å²) >= 11 is 0. The zero-order chi connectivity index (χ0) is 12.4. The van der Waals surface area contributed by atoms with Crippen molar-refractivity contribution in [3.8, 4) is 0 Å². The summed E-state index contributed by atoms with van der Waals surface area (Å²) in [6.45, 7) is 2.78. The van der Waals surface area contributed by atoms with Crippen molar-refractivity contribution in [2.75, 3.05) is 10.6 Å². The van der Waals surface area contributed by atoms with Gasteiger partial charge >= 0.3 is 0 Å². The van der Waals surface area contributed by atoms with Crippen LogP contribution < -0.4 is 10.6 Å². The van der Waals surface area contributed by atoms with Gasteiger partial charge < -0.3 is 10.6 Å². The monoisotopic (exact) mass is 234 g/mol. The quantitative estimate of drug-likeness (QED) is 0.812. The van der Waals surface area contributed by atoms with E-state index in [9.17, 15) is 9.59 Å². The van der Waals surface area contributed by atoms with Crippen molar-refractivity contribution in [2.45, 2.75) is 13.8 Å². The Bertz CT molecular complexity index is 540. The van der Waals surface area contributed by atoms with Crippen molar-refractivity contribution in [3.63, 3.8) is 0 Å². The second kappa shape index (κ2) is 4.20. The van der Waals surface area contributed by atoms with E-state index in [4.69, 9.17) is 0 Å². The van der Waals surface area contributed by atoms with Crippen LogP contribution in [0.25, 0.3) is 11.0 Å². The van der Waals surface area contributed by atoms with Gasteiger partial charge in [-0.3, -0.25) is 9.59 Å². The molecule has 0 unspecified atom stereocenters. The predicted octanol–water partition coefficient (Wildman–Crippen LogP) is 1.14. The van der Waals surface area contributed by atoms with Crippen molar-refractivity contribution >= 4 is 34.2 Å². The number of benzene rings is 1. The number of hydrogen-bond acceptors (Lipinski definition) is 5. The van der Waals surface area contributed by atoms with E-state index in [1.54, 1.807) is 12.1 Å². The predicted molar refractivity (Wildman–Crippen MR) is 60.4 cm³/mol. The SMILES string of the molecule is CC(=O)Nc1ccc(NC(C)=O)c2nonc12. The Balaban J connectivity index is 2.50. The summed E-state index contributed by atoms with van der Waals surface area (Å²) in [4.78, 5) is 22.0. The molecule has 0 bridgehead atoms. The maximum absolute atomic E-state index is 11.0. The molecule has 2 aromatic rings. The number of rotatable bonds is 2. The van der Waals surface area contributed by atoms with Crippen LogP contribution in [0, 0.1) is 0 Å². The molecule has 1 heterocycles. The molecule has 0 aliphatic rings. The van der Waals surface area contributed by atoms with Gasteiger partial charge in [-0.05, 0) is 22.4 Å². The molecule has 7 heteroatoms. The highest BCUT2D eigenvalue weighted by Gasteiger charge is 2.13. The van der Waals surface area contributed by atoms with Gasteiger partial charge in [0.1, 0.15) is 0 Å². The van der Waals surface area contributed by atoms with Crippen LogP contribution in [0.15, 0.2) is 16.8 Å². The maximum atomic E-state index is 11.0. The second-order valence-electron chi connectivity index (χ2n) is 3.48. The van der Waals surface area contributed by atoms with Gasteiger partial charge in [-0.1, -0.05) is 0 Å². The van der Waals surface area contributed by atoms with Crippen molar-refractivity contribution in [1.29, 1.82) is 0 Å². The van der Waals surface area contributed by atoms with Gasteiger partial charge in [-0.25, -0.2) is 4.63 Å². The third-order valence-corrected chi connectivity index (χ3v) is 2.04. The van der Waals surface area contributed by atoms with E-state index in [2.05, 4.69) is 25.6 Å². The molecule has 0 atom stereocenters. The number of hydrogen-bond donors (Lipinski definition) is 2. The standard InChI is InChI=1S/C10H10N4O3/c1-5(15)11-7-3-4-8(12-6(2)16)10-9(7)13-17-14-10/h3-4H,1-2H3,(H,11,15)(H,12,16). The van der Waals surface area contributed by atoms with Crippen LogP contribution in [0.2, 0.25) is 0 Å². The van der Waals surface area contributed by atoms with Crippen molar-refractivity contribution in [3.05, 3.63) is 12.1 Å². The molecule has 0 spiro atoms. The van der Waals surface area contributed by atoms with Gasteiger partial charge in [-0.2, -0.15) is 0 Å². The van der Waals surface area contributed by atoms with Crippen LogP contribution in [0.5, 0.6) is 0 Å². The first-order chi connectivity index (χ1) is 8.08. The molecule has 88 valence electrons. The zero-order valence-electron chi connectivity index (χ0n) is 9.27. The fraction of sp³-hybridized carbons (Fsp3) is 0.200. The normalized spacial score (nSPS) is 10.2. The fourth-order valence-electron chi connectivity index (χ4n) is 1.45. The minimum Gasteiger partial charge on any atom is -0.324 e. The molecule has 2 rings (SSSR count). The Labute approximate surface area is 96.1 Å². The lowest BCUT2D eigenvalue weighted by molar-refractivity contribution is -0.115. The van der Waals surface area contributed by atoms with E-state index in [1.165, 1.54) is 13.8 Å². The summed E-state index contributed by atoms with van der Waals surface area (Å²) in [6, 6.07) is 3.25. The topological polar surface area (TPSA) is 97.1 Å². The van der Waals surface area contributed by atoms with Gasteiger partial charge in [0, 0.05) is 13.8 Å². The molecule has 0 fully saturated rings. The average molecular weight is 234 g/mol. The van der Waals surface area contributed by atoms with Gasteiger partial charge in [-0.15, -0.1) is 0 Å². The first-order valence-electron chi connectivity index (χ1n) is 4.88. The first kappa shape index (κ1) is 11.1. The van der Waals surface area contributed by atoms with E-state index in [-0.39, 0.29) is 11.8 Å². The average Bonchev–Trinajstić information content (AvgIpc) is 2.69. The summed E-state index contributed by atoms with van der Waals surface area (Å²) < 4.78 is 4.61. The molecule has 0 radical (unpaired) electrons. The highest BCUT2D eigenvalue weighted by Crippen LogP contribution is 2.27. The van der Waals surface area contributed by atoms with Gasteiger partial charge in [0.05, 0.1) is 11.4 Å².